The Labute approximate surface area is 128 Å². The Balaban J connectivity index is 0.000000422. The Bertz CT molecular complexity index is 689. The van der Waals surface area contributed by atoms with Gasteiger partial charge in [0.1, 0.15) is 5.75 Å². The van der Waals surface area contributed by atoms with Crippen molar-refractivity contribution in [1.29, 1.82) is 0 Å². The van der Waals surface area contributed by atoms with Crippen LogP contribution in [0.5, 0.6) is 5.75 Å². The number of rotatable bonds is 4. The van der Waals surface area contributed by atoms with Crippen molar-refractivity contribution in [3.05, 3.63) is 35.5 Å². The van der Waals surface area contributed by atoms with E-state index in [0.717, 1.165) is 23.4 Å². The fourth-order valence-corrected chi connectivity index (χ4v) is 1.66. The van der Waals surface area contributed by atoms with E-state index in [1.165, 1.54) is 0 Å². The van der Waals surface area contributed by atoms with Crippen LogP contribution in [0.4, 0.5) is 11.5 Å². The third-order valence-corrected chi connectivity index (χ3v) is 2.66. The predicted molar refractivity (Wildman–Crippen MR) is 82.5 cm³/mol. The predicted octanol–water partition coefficient (Wildman–Crippen LogP) is 0.980. The van der Waals surface area contributed by atoms with Crippen molar-refractivity contribution in [2.45, 2.75) is 6.42 Å². The number of aromatic amines is 1. The van der Waals surface area contributed by atoms with E-state index in [1.54, 1.807) is 14.2 Å². The molecule has 0 aliphatic heterocycles. The first-order valence-corrected chi connectivity index (χ1v) is 7.47. The summed E-state index contributed by atoms with van der Waals surface area (Å²) in [4.78, 5) is 0. The fraction of sp³-hybridized carbons (Fsp3) is 0.250. The van der Waals surface area contributed by atoms with Crippen LogP contribution in [0.3, 0.4) is 0 Å². The first-order valence-electron chi connectivity index (χ1n) is 6.08. The van der Waals surface area contributed by atoms with Gasteiger partial charge in [-0.05, 0) is 17.7 Å². The molecule has 0 amide bonds. The van der Waals surface area contributed by atoms with Gasteiger partial charge in [-0.15, -0.1) is 0 Å². The number of hydrogen-bond donors (Lipinski definition) is 5. The highest BCUT2D eigenvalue weighted by Gasteiger charge is 2.08. The molecule has 0 atom stereocenters. The van der Waals surface area contributed by atoms with Gasteiger partial charge in [0.2, 0.25) is 0 Å². The summed E-state index contributed by atoms with van der Waals surface area (Å²) in [5.41, 5.74) is 8.68. The van der Waals surface area contributed by atoms with Crippen molar-refractivity contribution in [3.63, 3.8) is 0 Å². The van der Waals surface area contributed by atoms with E-state index in [9.17, 15) is 0 Å². The maximum absolute atomic E-state index is 8.74. The molecule has 0 aliphatic carbocycles. The van der Waals surface area contributed by atoms with Crippen molar-refractivity contribution >= 4 is 21.9 Å². The second-order valence-electron chi connectivity index (χ2n) is 4.19. The van der Waals surface area contributed by atoms with Crippen LogP contribution in [-0.2, 0) is 16.8 Å². The van der Waals surface area contributed by atoms with Crippen LogP contribution in [0.2, 0.25) is 0 Å². The lowest BCUT2D eigenvalue weighted by Gasteiger charge is -2.03. The lowest BCUT2D eigenvalue weighted by Crippen LogP contribution is -1.97. The molecule has 2 rings (SSSR count). The van der Waals surface area contributed by atoms with Crippen LogP contribution in [0.15, 0.2) is 24.3 Å². The average Bonchev–Trinajstić information content (AvgIpc) is 2.79. The number of H-pyrrole nitrogens is 1. The molecule has 1 aromatic carbocycles. The van der Waals surface area contributed by atoms with Crippen molar-refractivity contribution in [2.24, 2.45) is 0 Å². The molecule has 0 fully saturated rings. The Hall–Kier alpha value is -2.30. The molecule has 0 saturated carbocycles. The Morgan fingerprint density at radius 1 is 1.32 bits per heavy atom. The number of methoxy groups -OCH3 is 1. The SMILES string of the molecule is CNc1n[nH]c(Cc2ccc(OC)cc2)c1N.O=S(=O)(O)O. The molecule has 0 bridgehead atoms. The minimum atomic E-state index is -4.67. The number of anilines is 2. The van der Waals surface area contributed by atoms with Gasteiger partial charge in [-0.1, -0.05) is 12.1 Å². The number of ether oxygens (including phenoxy) is 1. The molecule has 0 radical (unpaired) electrons. The van der Waals surface area contributed by atoms with Crippen LogP contribution < -0.4 is 15.8 Å². The van der Waals surface area contributed by atoms with Gasteiger partial charge in [0, 0.05) is 13.5 Å². The molecule has 9 nitrogen and oxygen atoms in total. The number of nitrogens with one attached hydrogen (secondary N) is 2. The van der Waals surface area contributed by atoms with Gasteiger partial charge in [0.25, 0.3) is 0 Å². The molecule has 1 aromatic heterocycles. The van der Waals surface area contributed by atoms with Gasteiger partial charge in [-0.2, -0.15) is 13.5 Å². The summed E-state index contributed by atoms with van der Waals surface area (Å²) in [7, 11) is -1.22. The second kappa shape index (κ2) is 7.64. The first-order chi connectivity index (χ1) is 10.2. The van der Waals surface area contributed by atoms with Crippen LogP contribution in [0.1, 0.15) is 11.3 Å². The van der Waals surface area contributed by atoms with Gasteiger partial charge in [-0.3, -0.25) is 14.2 Å². The number of nitrogens with two attached hydrogens (primary N) is 1. The van der Waals surface area contributed by atoms with E-state index in [2.05, 4.69) is 15.5 Å². The molecule has 2 aromatic rings. The van der Waals surface area contributed by atoms with Crippen molar-refractivity contribution in [1.82, 2.24) is 10.2 Å². The summed E-state index contributed by atoms with van der Waals surface area (Å²) in [5, 5.41) is 9.94. The summed E-state index contributed by atoms with van der Waals surface area (Å²) in [6.45, 7) is 0. The van der Waals surface area contributed by atoms with Crippen LogP contribution >= 0.6 is 0 Å². The Morgan fingerprint density at radius 3 is 2.27 bits per heavy atom. The first kappa shape index (κ1) is 17.8. The molecule has 10 heteroatoms. The van der Waals surface area contributed by atoms with E-state index in [4.69, 9.17) is 28.0 Å². The molecular formula is C12H18N4O5S. The quantitative estimate of drug-likeness (QED) is 0.520. The minimum absolute atomic E-state index is 0.670. The molecule has 0 unspecified atom stereocenters. The smallest absolute Gasteiger partial charge is 0.394 e. The average molecular weight is 330 g/mol. The second-order valence-corrected chi connectivity index (χ2v) is 5.08. The van der Waals surface area contributed by atoms with Crippen molar-refractivity contribution < 1.29 is 22.3 Å². The van der Waals surface area contributed by atoms with Gasteiger partial charge in [-0.25, -0.2) is 0 Å². The number of benzene rings is 1. The minimum Gasteiger partial charge on any atom is -0.497 e. The monoisotopic (exact) mass is 330 g/mol. The van der Waals surface area contributed by atoms with E-state index < -0.39 is 10.4 Å². The largest absolute Gasteiger partial charge is 0.497 e. The maximum Gasteiger partial charge on any atom is 0.394 e. The Kier molecular flexibility index (Phi) is 6.16. The van der Waals surface area contributed by atoms with Crippen molar-refractivity contribution in [2.75, 3.05) is 25.2 Å². The van der Waals surface area contributed by atoms with Crippen LogP contribution in [0, 0.1) is 0 Å². The van der Waals surface area contributed by atoms with Gasteiger partial charge in [0.15, 0.2) is 5.82 Å². The van der Waals surface area contributed by atoms with Gasteiger partial charge >= 0.3 is 10.4 Å². The zero-order valence-corrected chi connectivity index (χ0v) is 12.9. The Morgan fingerprint density at radius 2 is 1.86 bits per heavy atom. The highest BCUT2D eigenvalue weighted by molar-refractivity contribution is 7.79. The number of aromatic nitrogens is 2. The van der Waals surface area contributed by atoms with E-state index in [0.29, 0.717) is 11.5 Å². The molecular weight excluding hydrogens is 312 g/mol. The summed E-state index contributed by atoms with van der Waals surface area (Å²) in [5.74, 6) is 1.54. The third kappa shape index (κ3) is 5.99. The van der Waals surface area contributed by atoms with Crippen LogP contribution in [0.25, 0.3) is 0 Å². The molecule has 122 valence electrons. The lowest BCUT2D eigenvalue weighted by molar-refractivity contribution is 0.381. The standard InChI is InChI=1S/C12H16N4O.H2O4S/c1-14-12-11(13)10(15-16-12)7-8-3-5-9(17-2)6-4-8;1-5(2,3)4/h3-6H,7,13H2,1-2H3,(H2,14,15,16);(H2,1,2,3,4). The molecule has 0 aliphatic rings. The summed E-state index contributed by atoms with van der Waals surface area (Å²) in [6.07, 6.45) is 0.727. The number of hydrogen-bond acceptors (Lipinski definition) is 6. The van der Waals surface area contributed by atoms with E-state index in [1.807, 2.05) is 24.3 Å². The molecule has 22 heavy (non-hydrogen) atoms. The molecule has 6 N–H and O–H groups in total. The van der Waals surface area contributed by atoms with E-state index >= 15 is 0 Å². The van der Waals surface area contributed by atoms with E-state index in [-0.39, 0.29) is 0 Å². The van der Waals surface area contributed by atoms with Gasteiger partial charge in [0.05, 0.1) is 18.5 Å². The zero-order valence-electron chi connectivity index (χ0n) is 12.1. The topological polar surface area (TPSA) is 151 Å². The number of nitrogens with zero attached hydrogens (tertiary/aromatic N) is 1. The fourth-order valence-electron chi connectivity index (χ4n) is 1.66. The van der Waals surface area contributed by atoms with Crippen molar-refractivity contribution in [3.8, 4) is 5.75 Å². The third-order valence-electron chi connectivity index (χ3n) is 2.66. The summed E-state index contributed by atoms with van der Waals surface area (Å²) < 4.78 is 36.7. The van der Waals surface area contributed by atoms with Gasteiger partial charge < -0.3 is 15.8 Å². The molecule has 0 saturated heterocycles. The maximum atomic E-state index is 8.74. The normalized spacial score (nSPS) is 10.5. The molecule has 0 spiro atoms. The zero-order chi connectivity index (χ0) is 16.8. The summed E-state index contributed by atoms with van der Waals surface area (Å²) in [6, 6.07) is 7.89. The lowest BCUT2D eigenvalue weighted by atomic mass is 10.1. The highest BCUT2D eigenvalue weighted by Crippen LogP contribution is 2.22. The highest BCUT2D eigenvalue weighted by atomic mass is 32.3. The van der Waals surface area contributed by atoms with Crippen LogP contribution in [-0.4, -0.2) is 41.9 Å². The summed E-state index contributed by atoms with van der Waals surface area (Å²) >= 11 is 0. The molecule has 1 heterocycles. The number of nitrogen functional groups attached to an aromatic ring is 1.